The Hall–Kier alpha value is -2.38. The van der Waals surface area contributed by atoms with Crippen molar-refractivity contribution >= 4 is 17.6 Å². The molecule has 1 aliphatic heterocycles. The van der Waals surface area contributed by atoms with Crippen molar-refractivity contribution in [3.05, 3.63) is 17.5 Å². The van der Waals surface area contributed by atoms with Gasteiger partial charge in [0.2, 0.25) is 6.10 Å². The summed E-state index contributed by atoms with van der Waals surface area (Å²) in [4.78, 5) is 29.3. The van der Waals surface area contributed by atoms with E-state index in [0.29, 0.717) is 0 Å². The minimum Gasteiger partial charge on any atom is -0.455 e. The highest BCUT2D eigenvalue weighted by molar-refractivity contribution is 6.37. The molecule has 0 spiro atoms. The van der Waals surface area contributed by atoms with E-state index in [4.69, 9.17) is 9.57 Å². The van der Waals surface area contributed by atoms with Gasteiger partial charge < -0.3 is 14.9 Å². The zero-order chi connectivity index (χ0) is 18.1. The minimum atomic E-state index is -0.827. The van der Waals surface area contributed by atoms with Gasteiger partial charge in [0.1, 0.15) is 5.60 Å². The zero-order valence-corrected chi connectivity index (χ0v) is 14.9. The van der Waals surface area contributed by atoms with Crippen molar-refractivity contribution in [2.24, 2.45) is 12.2 Å². The first-order valence-corrected chi connectivity index (χ1v) is 7.83. The van der Waals surface area contributed by atoms with Crippen LogP contribution in [0.25, 0.3) is 0 Å². The van der Waals surface area contributed by atoms with E-state index in [1.54, 1.807) is 25.5 Å². The van der Waals surface area contributed by atoms with Crippen LogP contribution in [0, 0.1) is 6.92 Å². The number of oxime groups is 1. The fourth-order valence-electron chi connectivity index (χ4n) is 2.40. The first-order chi connectivity index (χ1) is 11.1. The number of carbonyl (C=O) groups excluding carboxylic acids is 2. The Morgan fingerprint density at radius 1 is 1.46 bits per heavy atom. The molecular formula is C16H24N4O4. The van der Waals surface area contributed by atoms with Gasteiger partial charge in [-0.2, -0.15) is 5.10 Å². The van der Waals surface area contributed by atoms with Gasteiger partial charge in [0.15, 0.2) is 5.71 Å². The third-order valence-electron chi connectivity index (χ3n) is 3.47. The van der Waals surface area contributed by atoms with E-state index < -0.39 is 17.7 Å². The van der Waals surface area contributed by atoms with Gasteiger partial charge in [-0.15, -0.1) is 0 Å². The van der Waals surface area contributed by atoms with E-state index in [-0.39, 0.29) is 24.1 Å². The van der Waals surface area contributed by atoms with E-state index in [2.05, 4.69) is 15.6 Å². The Labute approximate surface area is 141 Å². The minimum absolute atomic E-state index is 0.0967. The molecule has 1 aromatic rings. The molecule has 0 fully saturated rings. The second-order valence-corrected chi connectivity index (χ2v) is 6.91. The second-order valence-electron chi connectivity index (χ2n) is 6.91. The predicted molar refractivity (Wildman–Crippen MR) is 87.3 cm³/mol. The third-order valence-corrected chi connectivity index (χ3v) is 3.47. The molecule has 2 rings (SSSR count). The normalized spacial score (nSPS) is 18.6. The number of rotatable bonds is 4. The summed E-state index contributed by atoms with van der Waals surface area (Å²) in [5.41, 5.74) is 1.28. The lowest BCUT2D eigenvalue weighted by Gasteiger charge is -2.19. The summed E-state index contributed by atoms with van der Waals surface area (Å²) in [5.74, 6) is -0.887. The summed E-state index contributed by atoms with van der Waals surface area (Å²) in [6.07, 6.45) is 1.13. The van der Waals surface area contributed by atoms with E-state index in [0.717, 1.165) is 11.3 Å². The van der Waals surface area contributed by atoms with Crippen molar-refractivity contribution in [2.45, 2.75) is 58.8 Å². The van der Waals surface area contributed by atoms with E-state index >= 15 is 0 Å². The second kappa shape index (κ2) is 6.62. The SMILES string of the molecule is Cc1nn(C)cc1[C@@H](C)NC(=O)[C@H]1CC(C(=O)OC(C)(C)C)=NO1. The number of aryl methyl sites for hydroxylation is 2. The molecule has 132 valence electrons. The van der Waals surface area contributed by atoms with Crippen molar-refractivity contribution in [3.63, 3.8) is 0 Å². The molecule has 8 nitrogen and oxygen atoms in total. The molecule has 1 amide bonds. The van der Waals surface area contributed by atoms with E-state index in [1.165, 1.54) is 0 Å². The summed E-state index contributed by atoms with van der Waals surface area (Å²) in [6.45, 7) is 9.05. The van der Waals surface area contributed by atoms with Gasteiger partial charge >= 0.3 is 5.97 Å². The highest BCUT2D eigenvalue weighted by Gasteiger charge is 2.34. The van der Waals surface area contributed by atoms with Gasteiger partial charge in [-0.25, -0.2) is 4.79 Å². The largest absolute Gasteiger partial charge is 0.455 e. The number of aromatic nitrogens is 2. The lowest BCUT2D eigenvalue weighted by Crippen LogP contribution is -2.37. The van der Waals surface area contributed by atoms with Crippen molar-refractivity contribution in [3.8, 4) is 0 Å². The van der Waals surface area contributed by atoms with Crippen LogP contribution >= 0.6 is 0 Å². The Bertz CT molecular complexity index is 672. The number of carbonyl (C=O) groups is 2. The summed E-state index contributed by atoms with van der Waals surface area (Å²) >= 11 is 0. The van der Waals surface area contributed by atoms with Crippen molar-refractivity contribution < 1.29 is 19.2 Å². The number of amides is 1. The van der Waals surface area contributed by atoms with Crippen LogP contribution in [0.2, 0.25) is 0 Å². The zero-order valence-electron chi connectivity index (χ0n) is 14.9. The van der Waals surface area contributed by atoms with Gasteiger partial charge in [0, 0.05) is 25.2 Å². The maximum Gasteiger partial charge on any atom is 0.356 e. The van der Waals surface area contributed by atoms with Crippen LogP contribution in [0.15, 0.2) is 11.4 Å². The van der Waals surface area contributed by atoms with Gasteiger partial charge in [0.25, 0.3) is 5.91 Å². The molecule has 1 N–H and O–H groups in total. The Morgan fingerprint density at radius 2 is 2.12 bits per heavy atom. The maximum absolute atomic E-state index is 12.3. The molecule has 1 aliphatic rings. The van der Waals surface area contributed by atoms with Gasteiger partial charge in [-0.1, -0.05) is 5.16 Å². The number of esters is 1. The van der Waals surface area contributed by atoms with Crippen LogP contribution in [-0.2, 0) is 26.2 Å². The molecule has 0 aromatic carbocycles. The van der Waals surface area contributed by atoms with Crippen LogP contribution in [0.3, 0.4) is 0 Å². The molecule has 0 aliphatic carbocycles. The quantitative estimate of drug-likeness (QED) is 0.839. The number of nitrogens with zero attached hydrogens (tertiary/aromatic N) is 3. The number of ether oxygens (including phenoxy) is 1. The van der Waals surface area contributed by atoms with Crippen LogP contribution in [0.5, 0.6) is 0 Å². The summed E-state index contributed by atoms with van der Waals surface area (Å²) < 4.78 is 6.92. The molecule has 0 saturated heterocycles. The van der Waals surface area contributed by atoms with Crippen molar-refractivity contribution in [1.82, 2.24) is 15.1 Å². The van der Waals surface area contributed by atoms with Gasteiger partial charge in [-0.05, 0) is 34.6 Å². The molecule has 2 heterocycles. The maximum atomic E-state index is 12.3. The van der Waals surface area contributed by atoms with Crippen LogP contribution in [0.1, 0.15) is 51.4 Å². The van der Waals surface area contributed by atoms with Crippen molar-refractivity contribution in [1.29, 1.82) is 0 Å². The summed E-state index contributed by atoms with van der Waals surface area (Å²) in [7, 11) is 1.83. The molecule has 0 unspecified atom stereocenters. The molecule has 0 bridgehead atoms. The standard InChI is InChI=1S/C16H24N4O4/c1-9(11-8-20(6)18-10(11)2)17-14(21)13-7-12(19-24-13)15(22)23-16(3,4)5/h8-9,13H,7H2,1-6H3,(H,17,21)/t9-,13-/m1/s1. The molecule has 8 heteroatoms. The molecule has 1 aromatic heterocycles. The van der Waals surface area contributed by atoms with Gasteiger partial charge in [0.05, 0.1) is 11.7 Å². The Kier molecular flexibility index (Phi) is 4.96. The highest BCUT2D eigenvalue weighted by Crippen LogP contribution is 2.19. The van der Waals surface area contributed by atoms with Crippen LogP contribution in [-0.4, -0.2) is 39.1 Å². The topological polar surface area (TPSA) is 94.8 Å². The number of hydrogen-bond donors (Lipinski definition) is 1. The fraction of sp³-hybridized carbons (Fsp3) is 0.625. The molecular weight excluding hydrogens is 312 g/mol. The first-order valence-electron chi connectivity index (χ1n) is 7.83. The molecule has 0 radical (unpaired) electrons. The number of nitrogens with one attached hydrogen (secondary N) is 1. The Morgan fingerprint density at radius 3 is 2.67 bits per heavy atom. The van der Waals surface area contributed by atoms with Crippen LogP contribution < -0.4 is 5.32 Å². The lowest BCUT2D eigenvalue weighted by atomic mass is 10.1. The van der Waals surface area contributed by atoms with Crippen LogP contribution in [0.4, 0.5) is 0 Å². The van der Waals surface area contributed by atoms with Crippen molar-refractivity contribution in [2.75, 3.05) is 0 Å². The average molecular weight is 336 g/mol. The molecule has 2 atom stereocenters. The van der Waals surface area contributed by atoms with E-state index in [1.807, 2.05) is 27.1 Å². The smallest absolute Gasteiger partial charge is 0.356 e. The lowest BCUT2D eigenvalue weighted by molar-refractivity contribution is -0.146. The third kappa shape index (κ3) is 4.33. The predicted octanol–water partition coefficient (Wildman–Crippen LogP) is 1.39. The van der Waals surface area contributed by atoms with Gasteiger partial charge in [-0.3, -0.25) is 9.48 Å². The molecule has 0 saturated carbocycles. The monoisotopic (exact) mass is 336 g/mol. The Balaban J connectivity index is 1.91. The highest BCUT2D eigenvalue weighted by atomic mass is 16.7. The van der Waals surface area contributed by atoms with E-state index in [9.17, 15) is 9.59 Å². The average Bonchev–Trinajstić information content (AvgIpc) is 3.03. The molecule has 24 heavy (non-hydrogen) atoms. The fourth-order valence-corrected chi connectivity index (χ4v) is 2.40. The first kappa shape index (κ1) is 18.0. The summed E-state index contributed by atoms with van der Waals surface area (Å²) in [6, 6.07) is -0.222. The summed E-state index contributed by atoms with van der Waals surface area (Å²) in [5, 5.41) is 10.8. The number of hydrogen-bond acceptors (Lipinski definition) is 6.